The second-order valence-corrected chi connectivity index (χ2v) is 7.93. The van der Waals surface area contributed by atoms with Gasteiger partial charge in [-0.3, -0.25) is 9.59 Å². The van der Waals surface area contributed by atoms with Gasteiger partial charge < -0.3 is 19.4 Å². The van der Waals surface area contributed by atoms with E-state index in [1.54, 1.807) is 6.92 Å². The second-order valence-electron chi connectivity index (χ2n) is 7.55. The topological polar surface area (TPSA) is 71.6 Å². The maximum atomic E-state index is 14.7. The summed E-state index contributed by atoms with van der Waals surface area (Å²) in [7, 11) is 0. The number of hydrogen-bond acceptors (Lipinski definition) is 4. The quantitative estimate of drug-likeness (QED) is 0.791. The van der Waals surface area contributed by atoms with Crippen molar-refractivity contribution in [2.24, 2.45) is 0 Å². The summed E-state index contributed by atoms with van der Waals surface area (Å²) in [6, 6.07) is 3.11. The number of ether oxygens (including phenoxy) is 2. The number of benzene rings is 1. The van der Waals surface area contributed by atoms with Crippen molar-refractivity contribution >= 4 is 17.5 Å². The average molecular weight is 437 g/mol. The van der Waals surface area contributed by atoms with E-state index in [4.69, 9.17) is 21.1 Å². The summed E-state index contributed by atoms with van der Waals surface area (Å²) in [6.45, 7) is 5.07. The molecule has 0 spiro atoms. The molecule has 2 aromatic rings. The summed E-state index contributed by atoms with van der Waals surface area (Å²) >= 11 is 6.48. The summed E-state index contributed by atoms with van der Waals surface area (Å²) in [5.74, 6) is -0.753. The molecule has 162 valence electrons. The van der Waals surface area contributed by atoms with Crippen molar-refractivity contribution in [2.75, 3.05) is 19.8 Å². The highest BCUT2D eigenvalue weighted by atomic mass is 35.5. The van der Waals surface area contributed by atoms with Crippen LogP contribution in [0, 0.1) is 19.7 Å². The van der Waals surface area contributed by atoms with E-state index in [1.165, 1.54) is 11.0 Å². The Morgan fingerprint density at radius 3 is 2.77 bits per heavy atom. The van der Waals surface area contributed by atoms with Crippen LogP contribution in [0.1, 0.15) is 46.6 Å². The molecule has 1 amide bonds. The maximum Gasteiger partial charge on any atom is 0.256 e. The van der Waals surface area contributed by atoms with Gasteiger partial charge in [-0.2, -0.15) is 0 Å². The number of nitrogens with one attached hydrogen (secondary N) is 1. The van der Waals surface area contributed by atoms with Gasteiger partial charge in [-0.15, -0.1) is 0 Å². The molecule has 1 aromatic carbocycles. The van der Waals surface area contributed by atoms with Gasteiger partial charge in [-0.1, -0.05) is 19.0 Å². The van der Waals surface area contributed by atoms with Gasteiger partial charge in [0.2, 0.25) is 0 Å². The zero-order valence-electron chi connectivity index (χ0n) is 16.3. The standard InChI is InChI=1S/C21H22ClFN2O4.CH4/c1-11-7-12(2)24-20(26)15(11)9-25-5-3-14-16(23)8-17(19(22)18(14)21(25)27)29-13-4-6-28-10-13;/h7-8,13H,3-6,9-10H2,1-2H3,(H,24,26);1H4/t13-;/m1./s1. The number of amides is 1. The summed E-state index contributed by atoms with van der Waals surface area (Å²) < 4.78 is 25.8. The van der Waals surface area contributed by atoms with E-state index >= 15 is 0 Å². The van der Waals surface area contributed by atoms with Crippen LogP contribution >= 0.6 is 11.6 Å². The molecule has 0 bridgehead atoms. The SMILES string of the molecule is C.Cc1cc(C)c(CN2CCc3c(F)cc(O[C@@H]4CCOC4)c(Cl)c3C2=O)c(=O)[nH]1. The van der Waals surface area contributed by atoms with Gasteiger partial charge in [0, 0.05) is 35.9 Å². The van der Waals surface area contributed by atoms with Gasteiger partial charge >= 0.3 is 0 Å². The highest BCUT2D eigenvalue weighted by Crippen LogP contribution is 2.37. The average Bonchev–Trinajstić information content (AvgIpc) is 3.16. The lowest BCUT2D eigenvalue weighted by atomic mass is 9.97. The fraction of sp³-hybridized carbons (Fsp3) is 0.455. The molecule has 1 atom stereocenters. The molecule has 8 heteroatoms. The number of halogens is 2. The van der Waals surface area contributed by atoms with Gasteiger partial charge in [-0.25, -0.2) is 4.39 Å². The summed E-state index contributed by atoms with van der Waals surface area (Å²) in [6.07, 6.45) is 0.792. The number of nitrogens with zero attached hydrogens (tertiary/aromatic N) is 1. The second kappa shape index (κ2) is 8.78. The van der Waals surface area contributed by atoms with E-state index in [0.29, 0.717) is 43.7 Å². The lowest BCUT2D eigenvalue weighted by molar-refractivity contribution is 0.0723. The van der Waals surface area contributed by atoms with Crippen LogP contribution in [0.3, 0.4) is 0 Å². The molecule has 2 aliphatic heterocycles. The Bertz CT molecular complexity index is 1030. The lowest BCUT2D eigenvalue weighted by Crippen LogP contribution is -2.39. The number of carbonyl (C=O) groups excluding carboxylic acids is 1. The Balaban J connectivity index is 0.00000256. The van der Waals surface area contributed by atoms with Gasteiger partial charge in [-0.05, 0) is 31.9 Å². The normalized spacial score (nSPS) is 18.2. The smallest absolute Gasteiger partial charge is 0.256 e. The number of aromatic amines is 1. The molecule has 0 unspecified atom stereocenters. The molecule has 4 rings (SSSR count). The van der Waals surface area contributed by atoms with Gasteiger partial charge in [0.25, 0.3) is 11.5 Å². The van der Waals surface area contributed by atoms with Crippen LogP contribution in [0.15, 0.2) is 16.9 Å². The molecule has 1 saturated heterocycles. The molecule has 3 heterocycles. The van der Waals surface area contributed by atoms with Crippen LogP contribution < -0.4 is 10.3 Å². The van der Waals surface area contributed by atoms with Crippen LogP contribution in [0.5, 0.6) is 5.75 Å². The van der Waals surface area contributed by atoms with E-state index in [1.807, 2.05) is 13.0 Å². The Morgan fingerprint density at radius 2 is 2.10 bits per heavy atom. The van der Waals surface area contributed by atoms with Crippen LogP contribution in [-0.4, -0.2) is 41.7 Å². The highest BCUT2D eigenvalue weighted by Gasteiger charge is 2.32. The summed E-state index contributed by atoms with van der Waals surface area (Å²) in [5.41, 5.74) is 2.26. The van der Waals surface area contributed by atoms with E-state index in [2.05, 4.69) is 4.98 Å². The molecule has 0 aliphatic carbocycles. The van der Waals surface area contributed by atoms with E-state index in [-0.39, 0.29) is 42.0 Å². The minimum Gasteiger partial charge on any atom is -0.486 e. The van der Waals surface area contributed by atoms with Crippen molar-refractivity contribution in [3.8, 4) is 5.75 Å². The number of aromatic nitrogens is 1. The highest BCUT2D eigenvalue weighted by molar-refractivity contribution is 6.35. The fourth-order valence-electron chi connectivity index (χ4n) is 3.91. The Morgan fingerprint density at radius 1 is 1.33 bits per heavy atom. The maximum absolute atomic E-state index is 14.7. The number of aryl methyl sites for hydroxylation is 2. The number of hydrogen-bond donors (Lipinski definition) is 1. The number of rotatable bonds is 4. The lowest BCUT2D eigenvalue weighted by Gasteiger charge is -2.30. The molecule has 1 aromatic heterocycles. The first-order valence-electron chi connectivity index (χ1n) is 9.59. The third-order valence-electron chi connectivity index (χ3n) is 5.44. The van der Waals surface area contributed by atoms with Gasteiger partial charge in [0.15, 0.2) is 0 Å². The van der Waals surface area contributed by atoms with Gasteiger partial charge in [0.05, 0.1) is 30.3 Å². The number of carbonyl (C=O) groups is 1. The minimum atomic E-state index is -0.504. The van der Waals surface area contributed by atoms with Crippen molar-refractivity contribution in [1.82, 2.24) is 9.88 Å². The minimum absolute atomic E-state index is 0. The predicted molar refractivity (Wildman–Crippen MR) is 113 cm³/mol. The molecule has 1 N–H and O–H groups in total. The first kappa shape index (κ1) is 22.3. The number of H-pyrrole nitrogens is 1. The zero-order chi connectivity index (χ0) is 20.7. The number of pyridine rings is 1. The van der Waals surface area contributed by atoms with Gasteiger partial charge in [0.1, 0.15) is 17.7 Å². The van der Waals surface area contributed by atoms with E-state index < -0.39 is 11.7 Å². The molecule has 2 aliphatic rings. The van der Waals surface area contributed by atoms with Crippen molar-refractivity contribution in [3.63, 3.8) is 0 Å². The first-order valence-corrected chi connectivity index (χ1v) is 9.97. The Hall–Kier alpha value is -2.38. The molecule has 1 fully saturated rings. The third kappa shape index (κ3) is 4.09. The largest absolute Gasteiger partial charge is 0.486 e. The summed E-state index contributed by atoms with van der Waals surface area (Å²) in [4.78, 5) is 29.8. The molecule has 6 nitrogen and oxygen atoms in total. The molecular formula is C22H26ClFN2O4. The fourth-order valence-corrected chi connectivity index (χ4v) is 4.20. The van der Waals surface area contributed by atoms with Crippen molar-refractivity contribution < 1.29 is 18.7 Å². The van der Waals surface area contributed by atoms with Crippen LogP contribution in [0.25, 0.3) is 0 Å². The molecular weight excluding hydrogens is 411 g/mol. The van der Waals surface area contributed by atoms with Crippen LogP contribution in [0.2, 0.25) is 5.02 Å². The molecule has 0 radical (unpaired) electrons. The predicted octanol–water partition coefficient (Wildman–Crippen LogP) is 3.79. The Kier molecular flexibility index (Phi) is 6.53. The first-order chi connectivity index (χ1) is 13.8. The van der Waals surface area contributed by atoms with Crippen LogP contribution in [-0.2, 0) is 17.7 Å². The van der Waals surface area contributed by atoms with Crippen molar-refractivity contribution in [1.29, 1.82) is 0 Å². The van der Waals surface area contributed by atoms with Crippen molar-refractivity contribution in [3.05, 3.63) is 61.3 Å². The monoisotopic (exact) mass is 436 g/mol. The molecule has 30 heavy (non-hydrogen) atoms. The van der Waals surface area contributed by atoms with E-state index in [9.17, 15) is 14.0 Å². The van der Waals surface area contributed by atoms with Crippen molar-refractivity contribution in [2.45, 2.75) is 46.8 Å². The Labute approximate surface area is 179 Å². The third-order valence-corrected chi connectivity index (χ3v) is 5.82. The van der Waals surface area contributed by atoms with Crippen LogP contribution in [0.4, 0.5) is 4.39 Å². The molecule has 0 saturated carbocycles. The number of fused-ring (bicyclic) bond motifs is 1. The summed E-state index contributed by atoms with van der Waals surface area (Å²) in [5, 5.41) is 0.109. The van der Waals surface area contributed by atoms with E-state index in [0.717, 1.165) is 11.3 Å². The zero-order valence-corrected chi connectivity index (χ0v) is 17.1.